The van der Waals surface area contributed by atoms with Crippen molar-refractivity contribution >= 4 is 10.0 Å². The average Bonchev–Trinajstić information content (AvgIpc) is 2.66. The van der Waals surface area contributed by atoms with E-state index in [-0.39, 0.29) is 0 Å². The lowest BCUT2D eigenvalue weighted by molar-refractivity contribution is 0.346. The predicted molar refractivity (Wildman–Crippen MR) is 96.0 cm³/mol. The maximum atomic E-state index is 13.3. The fourth-order valence-corrected chi connectivity index (χ4v) is 4.88. The highest BCUT2D eigenvalue weighted by Crippen LogP contribution is 2.23. The topological polar surface area (TPSA) is 49.4 Å². The summed E-state index contributed by atoms with van der Waals surface area (Å²) in [5, 5.41) is 3.11. The number of rotatable bonds is 6. The molecule has 0 aromatic heterocycles. The molecule has 0 amide bonds. The molecule has 0 bridgehead atoms. The van der Waals surface area contributed by atoms with Crippen LogP contribution in [0, 0.1) is 11.6 Å². The van der Waals surface area contributed by atoms with E-state index in [1.807, 2.05) is 0 Å². The van der Waals surface area contributed by atoms with Crippen LogP contribution in [0.2, 0.25) is 0 Å². The zero-order chi connectivity index (χ0) is 18.6. The SMILES string of the molecule is O=S(=O)(c1ccccc1CNCc1ccc(F)c(F)c1)N1CCCCC1. The van der Waals surface area contributed by atoms with E-state index in [1.54, 1.807) is 28.6 Å². The molecule has 0 saturated carbocycles. The van der Waals surface area contributed by atoms with Gasteiger partial charge in [0, 0.05) is 26.2 Å². The number of hydrogen-bond acceptors (Lipinski definition) is 3. The van der Waals surface area contributed by atoms with Crippen LogP contribution in [0.5, 0.6) is 0 Å². The summed E-state index contributed by atoms with van der Waals surface area (Å²) in [5.41, 5.74) is 1.26. The first-order chi connectivity index (χ1) is 12.5. The number of benzene rings is 2. The molecule has 0 atom stereocenters. The summed E-state index contributed by atoms with van der Waals surface area (Å²) in [5.74, 6) is -1.77. The van der Waals surface area contributed by atoms with Crippen LogP contribution in [-0.2, 0) is 23.1 Å². The molecule has 2 aromatic carbocycles. The van der Waals surface area contributed by atoms with Gasteiger partial charge in [0.05, 0.1) is 4.90 Å². The van der Waals surface area contributed by atoms with Gasteiger partial charge in [-0.15, -0.1) is 0 Å². The van der Waals surface area contributed by atoms with Crippen LogP contribution in [0.3, 0.4) is 0 Å². The summed E-state index contributed by atoms with van der Waals surface area (Å²) >= 11 is 0. The third-order valence-corrected chi connectivity index (χ3v) is 6.53. The zero-order valence-electron chi connectivity index (χ0n) is 14.4. The smallest absolute Gasteiger partial charge is 0.243 e. The Morgan fingerprint density at radius 3 is 2.38 bits per heavy atom. The van der Waals surface area contributed by atoms with Crippen LogP contribution in [0.15, 0.2) is 47.4 Å². The number of sulfonamides is 1. The van der Waals surface area contributed by atoms with Crippen LogP contribution in [0.25, 0.3) is 0 Å². The Balaban J connectivity index is 1.71. The van der Waals surface area contributed by atoms with Gasteiger partial charge in [-0.2, -0.15) is 4.31 Å². The van der Waals surface area contributed by atoms with Gasteiger partial charge in [0.25, 0.3) is 0 Å². The standard InChI is InChI=1S/C19H22F2N2O2S/c20-17-9-8-15(12-18(17)21)13-22-14-16-6-2-3-7-19(16)26(24,25)23-10-4-1-5-11-23/h2-3,6-9,12,22H,1,4-5,10-11,13-14H2. The molecule has 7 heteroatoms. The summed E-state index contributed by atoms with van der Waals surface area (Å²) in [7, 11) is -3.52. The third-order valence-electron chi connectivity index (χ3n) is 4.53. The van der Waals surface area contributed by atoms with E-state index in [4.69, 9.17) is 0 Å². The zero-order valence-corrected chi connectivity index (χ0v) is 15.2. The van der Waals surface area contributed by atoms with Crippen LogP contribution in [-0.4, -0.2) is 25.8 Å². The van der Waals surface area contributed by atoms with Gasteiger partial charge < -0.3 is 5.32 Å². The molecule has 1 aliphatic rings. The molecular weight excluding hydrogens is 358 g/mol. The minimum Gasteiger partial charge on any atom is -0.309 e. The van der Waals surface area contributed by atoms with E-state index in [2.05, 4.69) is 5.32 Å². The van der Waals surface area contributed by atoms with E-state index in [9.17, 15) is 17.2 Å². The first-order valence-electron chi connectivity index (χ1n) is 8.71. The molecule has 1 aliphatic heterocycles. The van der Waals surface area contributed by atoms with Gasteiger partial charge in [0.1, 0.15) is 0 Å². The molecule has 1 heterocycles. The molecule has 0 spiro atoms. The second kappa shape index (κ2) is 8.24. The van der Waals surface area contributed by atoms with Crippen molar-refractivity contribution in [3.8, 4) is 0 Å². The molecule has 3 rings (SSSR count). The van der Waals surface area contributed by atoms with E-state index >= 15 is 0 Å². The highest BCUT2D eigenvalue weighted by Gasteiger charge is 2.27. The molecule has 0 unspecified atom stereocenters. The minimum absolute atomic E-state index is 0.305. The summed E-state index contributed by atoms with van der Waals surface area (Å²) in [6.45, 7) is 1.75. The summed E-state index contributed by atoms with van der Waals surface area (Å²) < 4.78 is 53.7. The highest BCUT2D eigenvalue weighted by molar-refractivity contribution is 7.89. The van der Waals surface area contributed by atoms with Gasteiger partial charge in [-0.05, 0) is 42.2 Å². The fraction of sp³-hybridized carbons (Fsp3) is 0.368. The first kappa shape index (κ1) is 18.9. The van der Waals surface area contributed by atoms with Gasteiger partial charge in [0.2, 0.25) is 10.0 Å². The van der Waals surface area contributed by atoms with E-state index in [0.717, 1.165) is 31.4 Å². The number of nitrogens with zero attached hydrogens (tertiary/aromatic N) is 1. The lowest BCUT2D eigenvalue weighted by atomic mass is 10.2. The van der Waals surface area contributed by atoms with Crippen molar-refractivity contribution in [2.24, 2.45) is 0 Å². The average molecular weight is 380 g/mol. The Morgan fingerprint density at radius 1 is 0.923 bits per heavy atom. The minimum atomic E-state index is -3.52. The molecule has 1 fully saturated rings. The Hall–Kier alpha value is -1.83. The second-order valence-electron chi connectivity index (χ2n) is 6.42. The number of halogens is 2. The Labute approximate surface area is 152 Å². The van der Waals surface area contributed by atoms with Crippen molar-refractivity contribution in [1.82, 2.24) is 9.62 Å². The molecule has 0 aliphatic carbocycles. The molecule has 4 nitrogen and oxygen atoms in total. The molecule has 26 heavy (non-hydrogen) atoms. The number of nitrogens with one attached hydrogen (secondary N) is 1. The van der Waals surface area contributed by atoms with Crippen LogP contribution in [0.4, 0.5) is 8.78 Å². The van der Waals surface area contributed by atoms with Crippen LogP contribution >= 0.6 is 0 Å². The molecular formula is C19H22F2N2O2S. The van der Waals surface area contributed by atoms with Gasteiger partial charge >= 0.3 is 0 Å². The summed E-state index contributed by atoms with van der Waals surface area (Å²) in [6, 6.07) is 10.6. The van der Waals surface area contributed by atoms with E-state index in [0.29, 0.717) is 42.2 Å². The lowest BCUT2D eigenvalue weighted by Gasteiger charge is -2.26. The molecule has 0 radical (unpaired) electrons. The van der Waals surface area contributed by atoms with Crippen molar-refractivity contribution in [1.29, 1.82) is 0 Å². The van der Waals surface area contributed by atoms with Gasteiger partial charge in [-0.1, -0.05) is 30.7 Å². The van der Waals surface area contributed by atoms with E-state index in [1.165, 1.54) is 6.07 Å². The number of piperidine rings is 1. The molecule has 2 aromatic rings. The quantitative estimate of drug-likeness (QED) is 0.835. The molecule has 1 N–H and O–H groups in total. The van der Waals surface area contributed by atoms with Crippen LogP contribution < -0.4 is 5.32 Å². The maximum absolute atomic E-state index is 13.3. The van der Waals surface area contributed by atoms with Gasteiger partial charge in [0.15, 0.2) is 11.6 Å². The third kappa shape index (κ3) is 4.28. The Kier molecular flexibility index (Phi) is 6.01. The Bertz CT molecular complexity index is 866. The second-order valence-corrected chi connectivity index (χ2v) is 8.33. The summed E-state index contributed by atoms with van der Waals surface area (Å²) in [6.07, 6.45) is 2.83. The highest BCUT2D eigenvalue weighted by atomic mass is 32.2. The van der Waals surface area contributed by atoms with Gasteiger partial charge in [-0.3, -0.25) is 0 Å². The largest absolute Gasteiger partial charge is 0.309 e. The predicted octanol–water partition coefficient (Wildman–Crippen LogP) is 3.43. The number of hydrogen-bond donors (Lipinski definition) is 1. The maximum Gasteiger partial charge on any atom is 0.243 e. The van der Waals surface area contributed by atoms with Crippen molar-refractivity contribution in [2.45, 2.75) is 37.2 Å². The van der Waals surface area contributed by atoms with Crippen LogP contribution in [0.1, 0.15) is 30.4 Å². The Morgan fingerprint density at radius 2 is 1.65 bits per heavy atom. The lowest BCUT2D eigenvalue weighted by Crippen LogP contribution is -2.36. The van der Waals surface area contributed by atoms with Gasteiger partial charge in [-0.25, -0.2) is 17.2 Å². The summed E-state index contributed by atoms with van der Waals surface area (Å²) in [4.78, 5) is 0.305. The van der Waals surface area contributed by atoms with E-state index < -0.39 is 21.7 Å². The van der Waals surface area contributed by atoms with Crippen molar-refractivity contribution in [2.75, 3.05) is 13.1 Å². The van der Waals surface area contributed by atoms with Crippen molar-refractivity contribution in [3.05, 3.63) is 65.2 Å². The fourth-order valence-electron chi connectivity index (χ4n) is 3.14. The molecule has 140 valence electrons. The van der Waals surface area contributed by atoms with Crippen molar-refractivity contribution < 1.29 is 17.2 Å². The molecule has 1 saturated heterocycles. The first-order valence-corrected chi connectivity index (χ1v) is 10.2. The monoisotopic (exact) mass is 380 g/mol. The normalized spacial score (nSPS) is 15.9. The van der Waals surface area contributed by atoms with Crippen molar-refractivity contribution in [3.63, 3.8) is 0 Å².